The summed E-state index contributed by atoms with van der Waals surface area (Å²) in [7, 11) is 0. The molecule has 2 aromatic heterocycles. The predicted molar refractivity (Wildman–Crippen MR) is 202 cm³/mol. The highest BCUT2D eigenvalue weighted by molar-refractivity contribution is 7.14. The van der Waals surface area contributed by atoms with Gasteiger partial charge < -0.3 is 0 Å². The molecule has 10 heteroatoms. The molecule has 0 bridgehead atoms. The number of thiophene rings is 2. The van der Waals surface area contributed by atoms with E-state index in [9.17, 15) is 36.7 Å². The maximum absolute atomic E-state index is 13.9. The number of carbonyl (C=O) groups is 4. The molecular weight excluding hydrogens is 733 g/mol. The standard InChI is InChI=1S/C44H22F4O4S2/c1-17-3-31-32(43-25(17)13-23(53-43)15-33-39(49)27-5-19-9-35(45)36(46)10-20(19)6-28(27)40(33)50)4-18(2)26-14-24(54-44(26)31)16-34-41(51)29-7-21-11-37(47)38(48)12-22(21)8-30(29)42(34)52/h3-16,31-32H,1-2H3. The molecule has 6 aromatic rings. The summed E-state index contributed by atoms with van der Waals surface area (Å²) in [6.07, 6.45) is 7.60. The maximum Gasteiger partial charge on any atom is 0.197 e. The van der Waals surface area contributed by atoms with Gasteiger partial charge in [0.05, 0.1) is 11.1 Å². The lowest BCUT2D eigenvalue weighted by molar-refractivity contribution is 0.0975. The zero-order chi connectivity index (χ0) is 37.5. The van der Waals surface area contributed by atoms with Crippen molar-refractivity contribution in [1.29, 1.82) is 0 Å². The average molecular weight is 755 g/mol. The molecule has 0 spiro atoms. The van der Waals surface area contributed by atoms with Crippen LogP contribution in [0.15, 0.2) is 84.0 Å². The van der Waals surface area contributed by atoms with Crippen molar-refractivity contribution in [1.82, 2.24) is 0 Å². The van der Waals surface area contributed by atoms with E-state index < -0.39 is 46.4 Å². The molecule has 262 valence electrons. The fourth-order valence-electron chi connectivity index (χ4n) is 8.18. The Bertz CT molecular complexity index is 2660. The van der Waals surface area contributed by atoms with Gasteiger partial charge in [-0.15, -0.1) is 22.7 Å². The zero-order valence-corrected chi connectivity index (χ0v) is 29.8. The topological polar surface area (TPSA) is 68.3 Å². The molecule has 54 heavy (non-hydrogen) atoms. The fraction of sp³-hybridized carbons (Fsp3) is 0.0909. The van der Waals surface area contributed by atoms with Gasteiger partial charge in [-0.1, -0.05) is 12.2 Å². The minimum atomic E-state index is -1.03. The van der Waals surface area contributed by atoms with E-state index in [1.54, 1.807) is 12.2 Å². The summed E-state index contributed by atoms with van der Waals surface area (Å²) in [5.41, 5.74) is 4.71. The van der Waals surface area contributed by atoms with Crippen LogP contribution >= 0.6 is 22.7 Å². The van der Waals surface area contributed by atoms with Crippen LogP contribution in [0.5, 0.6) is 0 Å². The number of benzene rings is 4. The minimum absolute atomic E-state index is 0.00259. The first-order chi connectivity index (χ1) is 25.8. The highest BCUT2D eigenvalue weighted by atomic mass is 32.1. The SMILES string of the molecule is CC1=CC2c3sc(C=C4C(=O)c5cc6cc(F)c(F)cc6cc5C4=O)cc3C(C)=CC2c2sc(C=C3C(=O)c4cc5cc(F)c(F)cc5cc4C3=O)cc21. The molecule has 4 aromatic carbocycles. The van der Waals surface area contributed by atoms with Crippen LogP contribution in [0.4, 0.5) is 17.6 Å². The zero-order valence-electron chi connectivity index (χ0n) is 28.2. The largest absolute Gasteiger partial charge is 0.288 e. The number of halogens is 4. The molecule has 4 aliphatic rings. The van der Waals surface area contributed by atoms with Crippen LogP contribution in [0.3, 0.4) is 0 Å². The third kappa shape index (κ3) is 4.66. The van der Waals surface area contributed by atoms with E-state index in [1.807, 2.05) is 26.0 Å². The van der Waals surface area contributed by atoms with Crippen molar-refractivity contribution in [2.24, 2.45) is 0 Å². The highest BCUT2D eigenvalue weighted by Crippen LogP contribution is 2.54. The molecule has 0 N–H and O–H groups in total. The van der Waals surface area contributed by atoms with Crippen molar-refractivity contribution >= 4 is 90.6 Å². The Morgan fingerprint density at radius 2 is 0.741 bits per heavy atom. The molecule has 0 amide bonds. The second-order valence-corrected chi connectivity index (χ2v) is 16.3. The van der Waals surface area contributed by atoms with Crippen molar-refractivity contribution in [3.05, 3.63) is 160 Å². The molecular formula is C44H22F4O4S2. The van der Waals surface area contributed by atoms with Crippen LogP contribution < -0.4 is 0 Å². The molecule has 0 radical (unpaired) electrons. The van der Waals surface area contributed by atoms with Gasteiger partial charge in [-0.25, -0.2) is 17.6 Å². The van der Waals surface area contributed by atoms with E-state index in [4.69, 9.17) is 0 Å². The predicted octanol–water partition coefficient (Wildman–Crippen LogP) is 11.3. The molecule has 4 nitrogen and oxygen atoms in total. The smallest absolute Gasteiger partial charge is 0.197 e. The van der Waals surface area contributed by atoms with Gasteiger partial charge in [0.15, 0.2) is 46.4 Å². The molecule has 2 unspecified atom stereocenters. The van der Waals surface area contributed by atoms with E-state index in [-0.39, 0.29) is 45.2 Å². The number of carbonyl (C=O) groups excluding carboxylic acids is 4. The number of fused-ring (bicyclic) bond motifs is 9. The summed E-state index contributed by atoms with van der Waals surface area (Å²) in [6.45, 7) is 4.03. The maximum atomic E-state index is 13.9. The monoisotopic (exact) mass is 754 g/mol. The number of hydrogen-bond donors (Lipinski definition) is 0. The van der Waals surface area contributed by atoms with E-state index >= 15 is 0 Å². The van der Waals surface area contributed by atoms with Crippen molar-refractivity contribution in [2.75, 3.05) is 0 Å². The second kappa shape index (κ2) is 11.3. The van der Waals surface area contributed by atoms with Crippen LogP contribution in [0.25, 0.3) is 44.8 Å². The number of ketones is 4. The molecule has 0 fully saturated rings. The van der Waals surface area contributed by atoms with Crippen molar-refractivity contribution in [3.8, 4) is 0 Å². The first-order valence-electron chi connectivity index (χ1n) is 17.0. The van der Waals surface area contributed by atoms with Gasteiger partial charge in [0.2, 0.25) is 0 Å². The lowest BCUT2D eigenvalue weighted by Crippen LogP contribution is -2.15. The Balaban J connectivity index is 0.977. The second-order valence-electron chi connectivity index (χ2n) is 14.1. The van der Waals surface area contributed by atoms with Crippen LogP contribution in [0.1, 0.15) is 97.8 Å². The number of Topliss-reactive ketones (excluding diaryl/α,β-unsaturated/α-hetero) is 4. The highest BCUT2D eigenvalue weighted by Gasteiger charge is 2.38. The first-order valence-corrected chi connectivity index (χ1v) is 18.6. The lowest BCUT2D eigenvalue weighted by atomic mass is 9.75. The lowest BCUT2D eigenvalue weighted by Gasteiger charge is -2.31. The summed E-state index contributed by atoms with van der Waals surface area (Å²) < 4.78 is 55.7. The molecule has 10 rings (SSSR count). The molecule has 2 heterocycles. The average Bonchev–Trinajstić information content (AvgIpc) is 3.87. The number of hydrogen-bond acceptors (Lipinski definition) is 6. The molecule has 0 saturated carbocycles. The Morgan fingerprint density at radius 3 is 1.04 bits per heavy atom. The quantitative estimate of drug-likeness (QED) is 0.100. The summed E-state index contributed by atoms with van der Waals surface area (Å²) in [5.74, 6) is -6.07. The van der Waals surface area contributed by atoms with Gasteiger partial charge in [-0.3, -0.25) is 19.2 Å². The van der Waals surface area contributed by atoms with E-state index in [2.05, 4.69) is 12.2 Å². The summed E-state index contributed by atoms with van der Waals surface area (Å²) in [4.78, 5) is 57.6. The number of rotatable bonds is 2. The van der Waals surface area contributed by atoms with Crippen LogP contribution in [-0.4, -0.2) is 23.1 Å². The van der Waals surface area contributed by atoms with Gasteiger partial charge in [-0.2, -0.15) is 0 Å². The number of allylic oxidation sites excluding steroid dienone is 6. The van der Waals surface area contributed by atoms with Gasteiger partial charge in [0.1, 0.15) is 0 Å². The van der Waals surface area contributed by atoms with Crippen LogP contribution in [-0.2, 0) is 0 Å². The van der Waals surface area contributed by atoms with E-state index in [0.29, 0.717) is 21.5 Å². The van der Waals surface area contributed by atoms with Crippen molar-refractivity contribution < 1.29 is 36.7 Å². The third-order valence-corrected chi connectivity index (χ3v) is 13.2. The van der Waals surface area contributed by atoms with Crippen LogP contribution in [0, 0.1) is 23.3 Å². The Morgan fingerprint density at radius 1 is 0.444 bits per heavy atom. The Hall–Kier alpha value is -5.84. The van der Waals surface area contributed by atoms with Gasteiger partial charge in [0.25, 0.3) is 0 Å². The van der Waals surface area contributed by atoms with Gasteiger partial charge >= 0.3 is 0 Å². The van der Waals surface area contributed by atoms with Crippen molar-refractivity contribution in [3.63, 3.8) is 0 Å². The van der Waals surface area contributed by atoms with Gasteiger partial charge in [-0.05, 0) is 130 Å². The normalized spacial score (nSPS) is 18.5. The van der Waals surface area contributed by atoms with E-state index in [0.717, 1.165) is 66.0 Å². The molecule has 0 aliphatic heterocycles. The van der Waals surface area contributed by atoms with E-state index in [1.165, 1.54) is 46.9 Å². The summed E-state index contributed by atoms with van der Waals surface area (Å²) in [5, 5.41) is 1.32. The fourth-order valence-corrected chi connectivity index (χ4v) is 10.8. The Kier molecular flexibility index (Phi) is 6.88. The third-order valence-electron chi connectivity index (χ3n) is 10.8. The first kappa shape index (κ1) is 32.8. The van der Waals surface area contributed by atoms with Crippen LogP contribution in [0.2, 0.25) is 0 Å². The summed E-state index contributed by atoms with van der Waals surface area (Å²) >= 11 is 3.00. The molecule has 0 saturated heterocycles. The van der Waals surface area contributed by atoms with Crippen molar-refractivity contribution in [2.45, 2.75) is 25.7 Å². The molecule has 2 atom stereocenters. The molecule has 4 aliphatic carbocycles. The minimum Gasteiger partial charge on any atom is -0.288 e. The Labute approximate surface area is 312 Å². The summed E-state index contributed by atoms with van der Waals surface area (Å²) in [6, 6.07) is 13.8. The van der Waals surface area contributed by atoms with Gasteiger partial charge in [0, 0.05) is 53.6 Å².